The van der Waals surface area contributed by atoms with Gasteiger partial charge in [0.25, 0.3) is 0 Å². The van der Waals surface area contributed by atoms with Crippen molar-refractivity contribution in [2.24, 2.45) is 11.1 Å². The Morgan fingerprint density at radius 1 is 1.29 bits per heavy atom. The molecule has 1 saturated carbocycles. The highest BCUT2D eigenvalue weighted by molar-refractivity contribution is 6.06. The van der Waals surface area contributed by atoms with Crippen LogP contribution in [-0.4, -0.2) is 29.3 Å². The minimum Gasteiger partial charge on any atom is -0.328 e. The molecule has 0 aromatic heterocycles. The zero-order chi connectivity index (χ0) is 12.5. The van der Waals surface area contributed by atoms with Gasteiger partial charge in [-0.05, 0) is 19.3 Å². The molecular weight excluding hydrogens is 216 g/mol. The van der Waals surface area contributed by atoms with Gasteiger partial charge >= 0.3 is 0 Å². The Balaban J connectivity index is 2.20. The fourth-order valence-electron chi connectivity index (χ4n) is 3.26. The van der Waals surface area contributed by atoms with Gasteiger partial charge in [-0.3, -0.25) is 14.5 Å². The summed E-state index contributed by atoms with van der Waals surface area (Å²) < 4.78 is 0. The summed E-state index contributed by atoms with van der Waals surface area (Å²) in [4.78, 5) is 26.0. The summed E-state index contributed by atoms with van der Waals surface area (Å²) >= 11 is 0. The largest absolute Gasteiger partial charge is 0.328 e. The third-order valence-corrected chi connectivity index (χ3v) is 4.35. The van der Waals surface area contributed by atoms with Gasteiger partial charge in [0, 0.05) is 13.0 Å². The van der Waals surface area contributed by atoms with Crippen LogP contribution in [0.3, 0.4) is 0 Å². The van der Waals surface area contributed by atoms with Gasteiger partial charge in [-0.25, -0.2) is 0 Å². The van der Waals surface area contributed by atoms with Crippen LogP contribution in [0.1, 0.15) is 51.9 Å². The van der Waals surface area contributed by atoms with Crippen molar-refractivity contribution in [2.75, 3.05) is 6.54 Å². The molecule has 1 saturated heterocycles. The van der Waals surface area contributed by atoms with Gasteiger partial charge in [0.2, 0.25) is 11.8 Å². The minimum absolute atomic E-state index is 0.00537. The molecule has 1 atom stereocenters. The molecule has 4 heteroatoms. The second-order valence-corrected chi connectivity index (χ2v) is 5.38. The van der Waals surface area contributed by atoms with E-state index >= 15 is 0 Å². The number of hydrogen-bond acceptors (Lipinski definition) is 3. The van der Waals surface area contributed by atoms with E-state index in [4.69, 9.17) is 5.73 Å². The van der Waals surface area contributed by atoms with Crippen LogP contribution in [0, 0.1) is 5.41 Å². The molecule has 2 aliphatic rings. The van der Waals surface area contributed by atoms with Gasteiger partial charge in [-0.2, -0.15) is 0 Å². The van der Waals surface area contributed by atoms with Crippen LogP contribution in [-0.2, 0) is 9.59 Å². The van der Waals surface area contributed by atoms with Crippen molar-refractivity contribution >= 4 is 11.8 Å². The summed E-state index contributed by atoms with van der Waals surface area (Å²) in [5.74, 6) is 0.0497. The minimum atomic E-state index is -0.363. The average Bonchev–Trinajstić information content (AvgIpc) is 2.56. The maximum atomic E-state index is 12.5. The molecule has 17 heavy (non-hydrogen) atoms. The Kier molecular flexibility index (Phi) is 3.52. The summed E-state index contributed by atoms with van der Waals surface area (Å²) in [7, 11) is 0. The number of carbonyl (C=O) groups excluding carboxylic acids is 2. The molecule has 2 N–H and O–H groups in total. The van der Waals surface area contributed by atoms with Crippen LogP contribution >= 0.6 is 0 Å². The SMILES string of the molecule is CCC(CN)N1C(=O)CC2(CCCCC2)C1=O. The highest BCUT2D eigenvalue weighted by Crippen LogP contribution is 2.45. The molecule has 4 nitrogen and oxygen atoms in total. The Bertz CT molecular complexity index is 317. The summed E-state index contributed by atoms with van der Waals surface area (Å²) in [6.07, 6.45) is 6.28. The van der Waals surface area contributed by atoms with E-state index in [2.05, 4.69) is 0 Å². The van der Waals surface area contributed by atoms with Gasteiger partial charge in [-0.15, -0.1) is 0 Å². The number of hydrogen-bond donors (Lipinski definition) is 1. The Morgan fingerprint density at radius 2 is 1.94 bits per heavy atom. The topological polar surface area (TPSA) is 63.4 Å². The van der Waals surface area contributed by atoms with Crippen molar-refractivity contribution in [3.63, 3.8) is 0 Å². The fourth-order valence-corrected chi connectivity index (χ4v) is 3.26. The Morgan fingerprint density at radius 3 is 2.47 bits per heavy atom. The number of likely N-dealkylation sites (tertiary alicyclic amines) is 1. The Hall–Kier alpha value is -0.900. The number of amides is 2. The first-order valence-electron chi connectivity index (χ1n) is 6.71. The third kappa shape index (κ3) is 1.99. The molecule has 0 bridgehead atoms. The van der Waals surface area contributed by atoms with Crippen molar-refractivity contribution in [3.8, 4) is 0 Å². The van der Waals surface area contributed by atoms with E-state index in [0.717, 1.165) is 32.1 Å². The quantitative estimate of drug-likeness (QED) is 0.757. The van der Waals surface area contributed by atoms with Crippen molar-refractivity contribution < 1.29 is 9.59 Å². The highest BCUT2D eigenvalue weighted by Gasteiger charge is 2.52. The summed E-state index contributed by atoms with van der Waals surface area (Å²) in [5, 5.41) is 0. The average molecular weight is 238 g/mol. The van der Waals surface area contributed by atoms with Gasteiger partial charge in [-0.1, -0.05) is 26.2 Å². The zero-order valence-electron chi connectivity index (χ0n) is 10.6. The lowest BCUT2D eigenvalue weighted by atomic mass is 9.73. The molecule has 0 aromatic carbocycles. The molecule has 2 amide bonds. The van der Waals surface area contributed by atoms with Crippen LogP contribution in [0.5, 0.6) is 0 Å². The third-order valence-electron chi connectivity index (χ3n) is 4.35. The van der Waals surface area contributed by atoms with E-state index in [0.29, 0.717) is 13.0 Å². The maximum absolute atomic E-state index is 12.5. The second-order valence-electron chi connectivity index (χ2n) is 5.38. The van der Waals surface area contributed by atoms with Gasteiger partial charge in [0.05, 0.1) is 11.5 Å². The number of rotatable bonds is 3. The molecule has 1 unspecified atom stereocenters. The molecule has 2 rings (SSSR count). The number of nitrogens with zero attached hydrogens (tertiary/aromatic N) is 1. The van der Waals surface area contributed by atoms with Crippen LogP contribution in [0.25, 0.3) is 0 Å². The predicted octanol–water partition coefficient (Wildman–Crippen LogP) is 1.43. The lowest BCUT2D eigenvalue weighted by molar-refractivity contribution is -0.144. The number of nitrogens with two attached hydrogens (primary N) is 1. The Labute approximate surface area is 103 Å². The zero-order valence-corrected chi connectivity index (χ0v) is 10.6. The van der Waals surface area contributed by atoms with Gasteiger partial charge in [0.1, 0.15) is 0 Å². The highest BCUT2D eigenvalue weighted by atomic mass is 16.2. The van der Waals surface area contributed by atoms with Crippen LogP contribution in [0.4, 0.5) is 0 Å². The number of carbonyl (C=O) groups is 2. The summed E-state index contributed by atoms with van der Waals surface area (Å²) in [5.41, 5.74) is 5.30. The predicted molar refractivity (Wildman–Crippen MR) is 65.1 cm³/mol. The van der Waals surface area contributed by atoms with Crippen LogP contribution < -0.4 is 5.73 Å². The molecule has 96 valence electrons. The summed E-state index contributed by atoms with van der Waals surface area (Å²) in [6, 6.07) is -0.101. The van der Waals surface area contributed by atoms with Crippen LogP contribution in [0.15, 0.2) is 0 Å². The van der Waals surface area contributed by atoms with Gasteiger partial charge < -0.3 is 5.73 Å². The molecule has 1 aliphatic carbocycles. The molecule has 1 heterocycles. The standard InChI is InChI=1S/C13H22N2O2/c1-2-10(9-14)15-11(16)8-13(12(15)17)6-4-3-5-7-13/h10H,2-9,14H2,1H3. The summed E-state index contributed by atoms with van der Waals surface area (Å²) in [6.45, 7) is 2.36. The molecule has 0 radical (unpaired) electrons. The maximum Gasteiger partial charge on any atom is 0.236 e. The van der Waals surface area contributed by atoms with Crippen LogP contribution in [0.2, 0.25) is 0 Å². The van der Waals surface area contributed by atoms with E-state index in [9.17, 15) is 9.59 Å². The smallest absolute Gasteiger partial charge is 0.236 e. The normalized spacial score (nSPS) is 25.6. The monoisotopic (exact) mass is 238 g/mol. The molecule has 2 fully saturated rings. The van der Waals surface area contributed by atoms with Crippen molar-refractivity contribution in [1.82, 2.24) is 4.90 Å². The van der Waals surface area contributed by atoms with E-state index < -0.39 is 0 Å². The molecular formula is C13H22N2O2. The fraction of sp³-hybridized carbons (Fsp3) is 0.846. The molecule has 1 spiro atoms. The molecule has 0 aromatic rings. The number of imide groups is 1. The van der Waals surface area contributed by atoms with E-state index in [1.165, 1.54) is 11.3 Å². The molecule has 1 aliphatic heterocycles. The lowest BCUT2D eigenvalue weighted by Crippen LogP contribution is -2.46. The van der Waals surface area contributed by atoms with Crippen molar-refractivity contribution in [3.05, 3.63) is 0 Å². The second kappa shape index (κ2) is 4.77. The van der Waals surface area contributed by atoms with E-state index in [-0.39, 0.29) is 23.3 Å². The van der Waals surface area contributed by atoms with Crippen molar-refractivity contribution in [2.45, 2.75) is 57.9 Å². The lowest BCUT2D eigenvalue weighted by Gasteiger charge is -2.32. The van der Waals surface area contributed by atoms with Crippen molar-refractivity contribution in [1.29, 1.82) is 0 Å². The van der Waals surface area contributed by atoms with E-state index in [1.54, 1.807) is 0 Å². The first-order chi connectivity index (χ1) is 8.14. The first-order valence-corrected chi connectivity index (χ1v) is 6.71. The van der Waals surface area contributed by atoms with E-state index in [1.807, 2.05) is 6.92 Å². The van der Waals surface area contributed by atoms with Gasteiger partial charge in [0.15, 0.2) is 0 Å². The first kappa shape index (κ1) is 12.6.